The van der Waals surface area contributed by atoms with E-state index in [2.05, 4.69) is 23.8 Å². The first-order valence-electron chi connectivity index (χ1n) is 3.31. The average Bonchev–Trinajstić information content (AvgIpc) is 1.89. The van der Waals surface area contributed by atoms with Crippen LogP contribution in [-0.2, 0) is 0 Å². The maximum absolute atomic E-state index is 5.20. The van der Waals surface area contributed by atoms with Crippen LogP contribution in [0.3, 0.4) is 0 Å². The van der Waals surface area contributed by atoms with E-state index in [9.17, 15) is 0 Å². The van der Waals surface area contributed by atoms with Crippen LogP contribution in [0.4, 0.5) is 0 Å². The van der Waals surface area contributed by atoms with Gasteiger partial charge in [-0.2, -0.15) is 0 Å². The van der Waals surface area contributed by atoms with Crippen molar-refractivity contribution < 1.29 is 0 Å². The molecule has 0 amide bonds. The van der Waals surface area contributed by atoms with Crippen LogP contribution >= 0.6 is 11.6 Å². The van der Waals surface area contributed by atoms with Gasteiger partial charge in [0.25, 0.3) is 0 Å². The normalized spacial score (nSPS) is 10.2. The first-order valence-corrected chi connectivity index (χ1v) is 3.75. The quantitative estimate of drug-likeness (QED) is 0.613. The Morgan fingerprint density at radius 2 is 2.50 bits per heavy atom. The van der Waals surface area contributed by atoms with Gasteiger partial charge in [-0.1, -0.05) is 31.5 Å². The summed E-state index contributed by atoms with van der Waals surface area (Å²) in [5.74, 6) is 0. The Morgan fingerprint density at radius 3 is 3.00 bits per heavy atom. The molecule has 3 heteroatoms. The van der Waals surface area contributed by atoms with Gasteiger partial charge in [0.05, 0.1) is 5.67 Å². The van der Waals surface area contributed by atoms with Crippen LogP contribution in [-0.4, -0.2) is 12.3 Å². The monoisotopic (exact) mass is 160 g/mol. The lowest BCUT2D eigenvalue weighted by Crippen LogP contribution is -2.11. The van der Waals surface area contributed by atoms with E-state index in [-0.39, 0.29) is 0 Å². The number of nitrogens with one attached hydrogen (secondary N) is 1. The third kappa shape index (κ3) is 5.63. The Bertz CT molecular complexity index is 121. The van der Waals surface area contributed by atoms with E-state index in [0.29, 0.717) is 6.67 Å². The number of aliphatic imine (C=N–C) groups is 1. The zero-order chi connectivity index (χ0) is 7.82. The lowest BCUT2D eigenvalue weighted by Gasteiger charge is -2.03. The first-order chi connectivity index (χ1) is 4.81. The van der Waals surface area contributed by atoms with Crippen LogP contribution in [0.5, 0.6) is 0 Å². The molecule has 58 valence electrons. The molecule has 10 heavy (non-hydrogen) atoms. The molecule has 1 N–H and O–H groups in total. The number of rotatable bonds is 5. The molecule has 2 nitrogen and oxygen atoms in total. The molecule has 0 aliphatic carbocycles. The van der Waals surface area contributed by atoms with Gasteiger partial charge < -0.3 is 5.32 Å². The predicted octanol–water partition coefficient (Wildman–Crippen LogP) is 2.11. The number of nitrogens with zero attached hydrogens (tertiary/aromatic N) is 1. The minimum absolute atomic E-state index is 0.530. The standard InChI is InChI=1S/C7H13ClN2/c1-3-4-7(2)10-6-9-5-8/h5,10H,2-4,6H2,1H3. The Kier molecular flexibility index (Phi) is 6.29. The molecule has 0 radical (unpaired) electrons. The van der Waals surface area contributed by atoms with E-state index < -0.39 is 0 Å². The second-order valence-corrected chi connectivity index (χ2v) is 2.16. The summed E-state index contributed by atoms with van der Waals surface area (Å²) in [5.41, 5.74) is 2.27. The number of halogens is 1. The van der Waals surface area contributed by atoms with Crippen molar-refractivity contribution in [1.29, 1.82) is 0 Å². The summed E-state index contributed by atoms with van der Waals surface area (Å²) < 4.78 is 0. The highest BCUT2D eigenvalue weighted by Gasteiger charge is 1.86. The van der Waals surface area contributed by atoms with E-state index in [0.717, 1.165) is 18.5 Å². The van der Waals surface area contributed by atoms with Gasteiger partial charge in [0, 0.05) is 5.70 Å². The van der Waals surface area contributed by atoms with Crippen LogP contribution in [0.2, 0.25) is 0 Å². The van der Waals surface area contributed by atoms with Crippen LogP contribution in [0.15, 0.2) is 17.3 Å². The molecule has 0 aromatic heterocycles. The molecule has 0 aromatic carbocycles. The molecule has 0 saturated carbocycles. The van der Waals surface area contributed by atoms with Crippen molar-refractivity contribution in [2.45, 2.75) is 19.8 Å². The van der Waals surface area contributed by atoms with Crippen molar-refractivity contribution in [3.8, 4) is 0 Å². The van der Waals surface area contributed by atoms with Gasteiger partial charge in [-0.05, 0) is 6.42 Å². The Balaban J connectivity index is 3.21. The van der Waals surface area contributed by atoms with Gasteiger partial charge in [0.2, 0.25) is 0 Å². The van der Waals surface area contributed by atoms with Gasteiger partial charge in [-0.15, -0.1) is 0 Å². The van der Waals surface area contributed by atoms with E-state index in [1.165, 1.54) is 5.67 Å². The van der Waals surface area contributed by atoms with Gasteiger partial charge in [0.1, 0.15) is 6.67 Å². The zero-order valence-electron chi connectivity index (χ0n) is 6.23. The number of allylic oxidation sites excluding steroid dienone is 1. The summed E-state index contributed by atoms with van der Waals surface area (Å²) in [6.45, 7) is 6.43. The summed E-state index contributed by atoms with van der Waals surface area (Å²) in [4.78, 5) is 3.76. The summed E-state index contributed by atoms with van der Waals surface area (Å²) in [5, 5.41) is 3.01. The number of hydrogen-bond donors (Lipinski definition) is 1. The molecule has 0 saturated heterocycles. The zero-order valence-corrected chi connectivity index (χ0v) is 6.99. The Morgan fingerprint density at radius 1 is 1.80 bits per heavy atom. The molecule has 0 atom stereocenters. The Labute approximate surface area is 67.0 Å². The second-order valence-electron chi connectivity index (χ2n) is 1.97. The van der Waals surface area contributed by atoms with Crippen LogP contribution < -0.4 is 5.32 Å². The third-order valence-electron chi connectivity index (χ3n) is 1.04. The third-order valence-corrected chi connectivity index (χ3v) is 1.18. The largest absolute Gasteiger partial charge is 0.370 e. The fourth-order valence-corrected chi connectivity index (χ4v) is 0.651. The molecule has 0 aliphatic rings. The molecule has 0 unspecified atom stereocenters. The predicted molar refractivity (Wildman–Crippen MR) is 46.4 cm³/mol. The van der Waals surface area contributed by atoms with Crippen molar-refractivity contribution in [2.24, 2.45) is 4.99 Å². The van der Waals surface area contributed by atoms with Crippen molar-refractivity contribution in [1.82, 2.24) is 5.32 Å². The average molecular weight is 161 g/mol. The highest BCUT2D eigenvalue weighted by Crippen LogP contribution is 1.95. The van der Waals surface area contributed by atoms with Crippen molar-refractivity contribution >= 4 is 17.3 Å². The van der Waals surface area contributed by atoms with Crippen LogP contribution in [0.1, 0.15) is 19.8 Å². The van der Waals surface area contributed by atoms with Crippen LogP contribution in [0.25, 0.3) is 0 Å². The Hall–Kier alpha value is -0.500. The topological polar surface area (TPSA) is 24.4 Å². The maximum Gasteiger partial charge on any atom is 0.108 e. The summed E-state index contributed by atoms with van der Waals surface area (Å²) in [6.07, 6.45) is 2.11. The smallest absolute Gasteiger partial charge is 0.108 e. The minimum Gasteiger partial charge on any atom is -0.370 e. The molecule has 0 spiro atoms. The van der Waals surface area contributed by atoms with Gasteiger partial charge in [-0.3, -0.25) is 4.99 Å². The molecular weight excluding hydrogens is 148 g/mol. The molecule has 0 rings (SSSR count). The lowest BCUT2D eigenvalue weighted by atomic mass is 10.3. The van der Waals surface area contributed by atoms with Gasteiger partial charge >= 0.3 is 0 Å². The lowest BCUT2D eigenvalue weighted by molar-refractivity contribution is 0.755. The van der Waals surface area contributed by atoms with E-state index in [4.69, 9.17) is 11.6 Å². The molecule has 0 bridgehead atoms. The highest BCUT2D eigenvalue weighted by molar-refractivity contribution is 6.56. The SMILES string of the molecule is C=C(CCC)NCN=CCl. The second kappa shape index (κ2) is 6.62. The molecule has 0 heterocycles. The van der Waals surface area contributed by atoms with Gasteiger partial charge in [0.15, 0.2) is 0 Å². The maximum atomic E-state index is 5.20. The summed E-state index contributed by atoms with van der Waals surface area (Å²) >= 11 is 5.20. The highest BCUT2D eigenvalue weighted by atomic mass is 35.5. The number of hydrogen-bond acceptors (Lipinski definition) is 2. The first kappa shape index (κ1) is 9.50. The molecule has 0 fully saturated rings. The van der Waals surface area contributed by atoms with Crippen molar-refractivity contribution in [3.05, 3.63) is 12.3 Å². The summed E-state index contributed by atoms with van der Waals surface area (Å²) in [7, 11) is 0. The minimum atomic E-state index is 0.530. The fraction of sp³-hybridized carbons (Fsp3) is 0.571. The molecular formula is C7H13ClN2. The summed E-state index contributed by atoms with van der Waals surface area (Å²) in [6, 6.07) is 0. The molecule has 0 aliphatic heterocycles. The van der Waals surface area contributed by atoms with E-state index in [1.807, 2.05) is 0 Å². The van der Waals surface area contributed by atoms with Crippen molar-refractivity contribution in [2.75, 3.05) is 6.67 Å². The molecule has 0 aromatic rings. The van der Waals surface area contributed by atoms with Crippen LogP contribution in [0, 0.1) is 0 Å². The van der Waals surface area contributed by atoms with E-state index in [1.54, 1.807) is 0 Å². The van der Waals surface area contributed by atoms with E-state index >= 15 is 0 Å². The van der Waals surface area contributed by atoms with Crippen molar-refractivity contribution in [3.63, 3.8) is 0 Å². The van der Waals surface area contributed by atoms with Gasteiger partial charge in [-0.25, -0.2) is 0 Å². The fourth-order valence-electron chi connectivity index (χ4n) is 0.582.